The molecular formula is C24H38N2O2S. The molecule has 0 saturated heterocycles. The predicted molar refractivity (Wildman–Crippen MR) is 124 cm³/mol. The first kappa shape index (κ1) is 27.0. The standard InChI is InChI=1S/C10H14O.C7H11NO.C5H7NS.C2H6/c1-8-5-3-4-6-10(8)7-9(2)11;1-3-6-5-8-7(4-2)9-6;1-4-3-6-5(2)7-4;1-2/h3-5,10H,6-7H2,1-2H3;5H,3-4H2,1-2H3;3H,1-2H3;1-2H3. The van der Waals surface area contributed by atoms with E-state index >= 15 is 0 Å². The van der Waals surface area contributed by atoms with Crippen molar-refractivity contribution in [1.82, 2.24) is 9.97 Å². The Bertz CT molecular complexity index is 722. The van der Waals surface area contributed by atoms with Gasteiger partial charge in [0.2, 0.25) is 0 Å². The lowest BCUT2D eigenvalue weighted by Crippen LogP contribution is -2.08. The highest BCUT2D eigenvalue weighted by atomic mass is 32.1. The summed E-state index contributed by atoms with van der Waals surface area (Å²) in [6, 6.07) is 0. The number of carbonyl (C=O) groups is 1. The lowest BCUT2D eigenvalue weighted by molar-refractivity contribution is -0.117. The fourth-order valence-corrected chi connectivity index (χ4v) is 3.20. The summed E-state index contributed by atoms with van der Waals surface area (Å²) in [5.41, 5.74) is 1.34. The van der Waals surface area contributed by atoms with Gasteiger partial charge >= 0.3 is 0 Å². The first-order chi connectivity index (χ1) is 13.8. The minimum absolute atomic E-state index is 0.290. The molecule has 0 fully saturated rings. The third-order valence-electron chi connectivity index (χ3n) is 4.08. The molecule has 0 bridgehead atoms. The van der Waals surface area contributed by atoms with Crippen molar-refractivity contribution < 1.29 is 9.21 Å². The largest absolute Gasteiger partial charge is 0.446 e. The fourth-order valence-electron chi connectivity index (χ4n) is 2.52. The molecule has 0 saturated carbocycles. The van der Waals surface area contributed by atoms with Crippen LogP contribution in [0.1, 0.15) is 75.9 Å². The fraction of sp³-hybridized carbons (Fsp3) is 0.542. The lowest BCUT2D eigenvalue weighted by Gasteiger charge is -2.16. The maximum absolute atomic E-state index is 10.8. The van der Waals surface area contributed by atoms with E-state index in [4.69, 9.17) is 4.42 Å². The van der Waals surface area contributed by atoms with Crippen molar-refractivity contribution in [2.75, 3.05) is 0 Å². The molecule has 1 unspecified atom stereocenters. The molecule has 0 aromatic carbocycles. The van der Waals surface area contributed by atoms with E-state index in [1.54, 1.807) is 24.5 Å². The Hall–Kier alpha value is -2.01. The van der Waals surface area contributed by atoms with Crippen LogP contribution >= 0.6 is 11.3 Å². The van der Waals surface area contributed by atoms with Gasteiger partial charge in [-0.2, -0.15) is 0 Å². The van der Waals surface area contributed by atoms with E-state index in [1.807, 2.05) is 33.9 Å². The van der Waals surface area contributed by atoms with Crippen molar-refractivity contribution in [1.29, 1.82) is 0 Å². The number of thiazole rings is 1. The maximum atomic E-state index is 10.8. The molecule has 0 amide bonds. The van der Waals surface area contributed by atoms with E-state index in [0.717, 1.165) is 35.9 Å². The molecule has 3 rings (SSSR count). The molecule has 2 heterocycles. The van der Waals surface area contributed by atoms with Gasteiger partial charge in [0.25, 0.3) is 0 Å². The number of hydrogen-bond donors (Lipinski definition) is 0. The summed E-state index contributed by atoms with van der Waals surface area (Å²) in [5.74, 6) is 2.58. The van der Waals surface area contributed by atoms with Crippen LogP contribution in [0.3, 0.4) is 0 Å². The van der Waals surface area contributed by atoms with E-state index in [9.17, 15) is 4.79 Å². The van der Waals surface area contributed by atoms with Gasteiger partial charge in [0.1, 0.15) is 11.5 Å². The normalized spacial score (nSPS) is 14.3. The van der Waals surface area contributed by atoms with Gasteiger partial charge in [-0.05, 0) is 40.0 Å². The molecule has 0 radical (unpaired) electrons. The molecule has 2 aromatic rings. The lowest BCUT2D eigenvalue weighted by atomic mass is 9.89. The zero-order valence-electron chi connectivity index (χ0n) is 19.4. The van der Waals surface area contributed by atoms with Crippen LogP contribution in [-0.4, -0.2) is 15.8 Å². The third kappa shape index (κ3) is 12.2. The molecule has 5 heteroatoms. The minimum Gasteiger partial charge on any atom is -0.446 e. The quantitative estimate of drug-likeness (QED) is 0.532. The van der Waals surface area contributed by atoms with Crippen molar-refractivity contribution in [2.24, 2.45) is 5.92 Å². The van der Waals surface area contributed by atoms with Crippen LogP contribution in [0.4, 0.5) is 0 Å². The Morgan fingerprint density at radius 1 is 1.14 bits per heavy atom. The van der Waals surface area contributed by atoms with Crippen LogP contribution in [0.25, 0.3) is 0 Å². The maximum Gasteiger partial charge on any atom is 0.194 e. The van der Waals surface area contributed by atoms with Crippen molar-refractivity contribution in [2.45, 2.75) is 81.1 Å². The van der Waals surface area contributed by atoms with Crippen LogP contribution in [-0.2, 0) is 17.6 Å². The highest BCUT2D eigenvalue weighted by Crippen LogP contribution is 2.23. The van der Waals surface area contributed by atoms with E-state index in [2.05, 4.69) is 49.0 Å². The van der Waals surface area contributed by atoms with Crippen LogP contribution in [0.2, 0.25) is 0 Å². The average molecular weight is 419 g/mol. The summed E-state index contributed by atoms with van der Waals surface area (Å²) in [6.07, 6.45) is 13.5. The molecule has 1 atom stereocenters. The molecule has 1 aliphatic rings. The van der Waals surface area contributed by atoms with Crippen LogP contribution < -0.4 is 0 Å². The zero-order chi connectivity index (χ0) is 22.2. The van der Waals surface area contributed by atoms with E-state index in [-0.39, 0.29) is 5.78 Å². The summed E-state index contributed by atoms with van der Waals surface area (Å²) in [7, 11) is 0. The topological polar surface area (TPSA) is 56.0 Å². The number of allylic oxidation sites excluding steroid dienone is 4. The number of aryl methyl sites for hydroxylation is 4. The van der Waals surface area contributed by atoms with Gasteiger partial charge in [-0.3, -0.25) is 0 Å². The van der Waals surface area contributed by atoms with Crippen molar-refractivity contribution in [3.63, 3.8) is 0 Å². The molecule has 0 aliphatic heterocycles. The Balaban J connectivity index is 0.000000397. The number of nitrogens with zero attached hydrogens (tertiary/aromatic N) is 2. The smallest absolute Gasteiger partial charge is 0.194 e. The summed E-state index contributed by atoms with van der Waals surface area (Å²) in [6.45, 7) is 15.9. The van der Waals surface area contributed by atoms with Gasteiger partial charge in [0, 0.05) is 30.3 Å². The zero-order valence-corrected chi connectivity index (χ0v) is 20.2. The van der Waals surface area contributed by atoms with E-state index in [0.29, 0.717) is 12.3 Å². The number of carbonyl (C=O) groups excluding carboxylic acids is 1. The van der Waals surface area contributed by atoms with Gasteiger partial charge < -0.3 is 9.21 Å². The van der Waals surface area contributed by atoms with E-state index in [1.165, 1.54) is 10.5 Å². The third-order valence-corrected chi connectivity index (χ3v) is 4.91. The van der Waals surface area contributed by atoms with Gasteiger partial charge in [-0.1, -0.05) is 51.5 Å². The monoisotopic (exact) mass is 418 g/mol. The van der Waals surface area contributed by atoms with Crippen LogP contribution in [0, 0.1) is 19.8 Å². The van der Waals surface area contributed by atoms with Gasteiger partial charge in [-0.15, -0.1) is 11.3 Å². The summed E-state index contributed by atoms with van der Waals surface area (Å²) < 4.78 is 5.27. The number of ketones is 1. The number of oxazole rings is 1. The SMILES string of the molecule is CC.CC(=O)CC1CC=CC=C1C.CCc1cnc(CC)o1.Cc1cnc(C)s1. The number of hydrogen-bond acceptors (Lipinski definition) is 5. The van der Waals surface area contributed by atoms with Gasteiger partial charge in [0.05, 0.1) is 11.2 Å². The van der Waals surface area contributed by atoms with Gasteiger partial charge in [0.15, 0.2) is 5.89 Å². The van der Waals surface area contributed by atoms with Gasteiger partial charge in [-0.25, -0.2) is 9.97 Å². The molecule has 0 N–H and O–H groups in total. The van der Waals surface area contributed by atoms with Crippen molar-refractivity contribution >= 4 is 17.1 Å². The average Bonchev–Trinajstić information content (AvgIpc) is 3.34. The second-order valence-electron chi connectivity index (χ2n) is 6.59. The molecule has 29 heavy (non-hydrogen) atoms. The molecule has 1 aliphatic carbocycles. The first-order valence-corrected chi connectivity index (χ1v) is 11.3. The van der Waals surface area contributed by atoms with Crippen LogP contribution in [0.5, 0.6) is 0 Å². The summed E-state index contributed by atoms with van der Waals surface area (Å²) in [5, 5.41) is 1.15. The highest BCUT2D eigenvalue weighted by molar-refractivity contribution is 7.11. The van der Waals surface area contributed by atoms with Crippen molar-refractivity contribution in [3.8, 4) is 0 Å². The minimum atomic E-state index is 0.290. The number of rotatable bonds is 4. The second kappa shape index (κ2) is 15.9. The molecule has 4 nitrogen and oxygen atoms in total. The Kier molecular flexibility index (Phi) is 14.8. The Morgan fingerprint density at radius 3 is 2.17 bits per heavy atom. The highest BCUT2D eigenvalue weighted by Gasteiger charge is 2.12. The first-order valence-electron chi connectivity index (χ1n) is 10.5. The number of aromatic nitrogens is 2. The number of Topliss-reactive ketones (excluding diaryl/α,β-unsaturated/α-hetero) is 1. The van der Waals surface area contributed by atoms with E-state index < -0.39 is 0 Å². The van der Waals surface area contributed by atoms with Crippen LogP contribution in [0.15, 0.2) is 40.6 Å². The second-order valence-corrected chi connectivity index (χ2v) is 8.03. The summed E-state index contributed by atoms with van der Waals surface area (Å²) >= 11 is 1.73. The molecule has 162 valence electrons. The molecular weight excluding hydrogens is 380 g/mol. The predicted octanol–water partition coefficient (Wildman–Crippen LogP) is 7.07. The molecule has 0 spiro atoms. The summed E-state index contributed by atoms with van der Waals surface area (Å²) in [4.78, 5) is 20.2. The van der Waals surface area contributed by atoms with Crippen molar-refractivity contribution in [3.05, 3.63) is 57.7 Å². The molecule has 2 aromatic heterocycles. The Labute approximate surface area is 181 Å². The Morgan fingerprint density at radius 2 is 1.83 bits per heavy atom.